The second-order valence-electron chi connectivity index (χ2n) is 7.44. The van der Waals surface area contributed by atoms with E-state index in [1.165, 1.54) is 18.0 Å². The van der Waals surface area contributed by atoms with Crippen LogP contribution in [-0.2, 0) is 0 Å². The lowest BCUT2D eigenvalue weighted by molar-refractivity contribution is 0.0566. The lowest BCUT2D eigenvalue weighted by Crippen LogP contribution is -2.31. The molecule has 2 aromatic heterocycles. The van der Waals surface area contributed by atoms with Gasteiger partial charge in [0.1, 0.15) is 5.69 Å². The Morgan fingerprint density at radius 2 is 1.93 bits per heavy atom. The van der Waals surface area contributed by atoms with Crippen molar-refractivity contribution in [3.8, 4) is 11.1 Å². The molecule has 0 aliphatic carbocycles. The molecule has 0 saturated carbocycles. The molecule has 7 heteroatoms. The Labute approximate surface area is 168 Å². The molecule has 1 fully saturated rings. The predicted octanol–water partition coefficient (Wildman–Crippen LogP) is 4.93. The number of alkyl halides is 2. The van der Waals surface area contributed by atoms with Crippen molar-refractivity contribution in [1.82, 2.24) is 19.7 Å². The molecule has 0 spiro atoms. The second kappa shape index (κ2) is 7.73. The maximum atomic E-state index is 13.2. The van der Waals surface area contributed by atoms with Crippen LogP contribution in [-0.4, -0.2) is 32.1 Å². The van der Waals surface area contributed by atoms with Crippen molar-refractivity contribution in [3.05, 3.63) is 71.3 Å². The normalized spacial score (nSPS) is 16.6. The maximum Gasteiger partial charge on any atom is 0.333 e. The lowest BCUT2D eigenvalue weighted by Gasteiger charge is -2.25. The van der Waals surface area contributed by atoms with Gasteiger partial charge in [-0.1, -0.05) is 29.8 Å². The molecule has 1 unspecified atom stereocenters. The number of likely N-dealkylation sites (tertiary alicyclic amines) is 1. The van der Waals surface area contributed by atoms with Gasteiger partial charge < -0.3 is 4.90 Å². The largest absolute Gasteiger partial charge is 0.333 e. The number of hydrogen-bond donors (Lipinski definition) is 0. The van der Waals surface area contributed by atoms with Crippen molar-refractivity contribution in [1.29, 1.82) is 0 Å². The molecule has 1 aromatic carbocycles. The summed E-state index contributed by atoms with van der Waals surface area (Å²) < 4.78 is 26.3. The quantitative estimate of drug-likeness (QED) is 0.628. The number of carbonyl (C=O) groups excluding carboxylic acids is 1. The topological polar surface area (TPSA) is 51.0 Å². The van der Waals surface area contributed by atoms with Crippen LogP contribution in [0.4, 0.5) is 8.78 Å². The fourth-order valence-electron chi connectivity index (χ4n) is 3.83. The molecule has 0 bridgehead atoms. The Balaban J connectivity index is 1.63. The van der Waals surface area contributed by atoms with Crippen molar-refractivity contribution in [2.24, 2.45) is 0 Å². The molecule has 1 amide bonds. The van der Waals surface area contributed by atoms with E-state index in [1.807, 2.05) is 18.7 Å². The number of benzene rings is 1. The van der Waals surface area contributed by atoms with Gasteiger partial charge >= 0.3 is 6.55 Å². The lowest BCUT2D eigenvalue weighted by atomic mass is 10.0. The minimum absolute atomic E-state index is 0.0243. The van der Waals surface area contributed by atoms with Crippen molar-refractivity contribution in [3.63, 3.8) is 0 Å². The van der Waals surface area contributed by atoms with Crippen molar-refractivity contribution < 1.29 is 13.6 Å². The van der Waals surface area contributed by atoms with Gasteiger partial charge in [-0.2, -0.15) is 13.9 Å². The van der Waals surface area contributed by atoms with E-state index in [0.29, 0.717) is 28.0 Å². The van der Waals surface area contributed by atoms with Crippen LogP contribution in [0, 0.1) is 13.8 Å². The molecule has 150 valence electrons. The smallest absolute Gasteiger partial charge is 0.330 e. The zero-order valence-electron chi connectivity index (χ0n) is 16.3. The molecule has 1 aliphatic heterocycles. The number of carbonyl (C=O) groups is 1. The van der Waals surface area contributed by atoms with Gasteiger partial charge in [-0.15, -0.1) is 0 Å². The number of hydrogen-bond acceptors (Lipinski definition) is 3. The van der Waals surface area contributed by atoms with E-state index in [2.05, 4.69) is 34.3 Å². The monoisotopic (exact) mass is 396 g/mol. The molecule has 3 aromatic rings. The molecule has 1 aliphatic rings. The summed E-state index contributed by atoms with van der Waals surface area (Å²) >= 11 is 0. The minimum atomic E-state index is -2.70. The first-order chi connectivity index (χ1) is 13.9. The fourth-order valence-corrected chi connectivity index (χ4v) is 3.83. The summed E-state index contributed by atoms with van der Waals surface area (Å²) in [5, 5.41) is 3.69. The third-order valence-electron chi connectivity index (χ3n) is 5.41. The summed E-state index contributed by atoms with van der Waals surface area (Å²) in [6.45, 7) is 1.84. The molecule has 3 heterocycles. The van der Waals surface area contributed by atoms with E-state index in [0.717, 1.165) is 24.0 Å². The molecule has 1 atom stereocenters. The van der Waals surface area contributed by atoms with Gasteiger partial charge in [-0.05, 0) is 49.4 Å². The first-order valence-corrected chi connectivity index (χ1v) is 9.61. The third kappa shape index (κ3) is 3.77. The highest BCUT2D eigenvalue weighted by Gasteiger charge is 2.31. The van der Waals surface area contributed by atoms with Crippen LogP contribution in [0.2, 0.25) is 0 Å². The highest BCUT2D eigenvalue weighted by Crippen LogP contribution is 2.34. The van der Waals surface area contributed by atoms with Gasteiger partial charge in [0.2, 0.25) is 0 Å². The molecule has 4 rings (SSSR count). The number of amides is 1. The SMILES string of the molecule is Cc1ccc(C2CCCN2C(=O)c2cc(-c3cnn(C(F)F)c3)c(C)cn2)cc1. The van der Waals surface area contributed by atoms with Gasteiger partial charge in [-0.25, -0.2) is 4.68 Å². The van der Waals surface area contributed by atoms with Crippen LogP contribution in [0.5, 0.6) is 0 Å². The first kappa shape index (κ1) is 19.2. The molecule has 0 N–H and O–H groups in total. The summed E-state index contributed by atoms with van der Waals surface area (Å²) in [5.74, 6) is -0.143. The van der Waals surface area contributed by atoms with Gasteiger partial charge in [0.25, 0.3) is 5.91 Å². The van der Waals surface area contributed by atoms with Gasteiger partial charge in [0, 0.05) is 24.5 Å². The van der Waals surface area contributed by atoms with Gasteiger partial charge in [0.15, 0.2) is 0 Å². The van der Waals surface area contributed by atoms with Gasteiger partial charge in [0.05, 0.1) is 12.2 Å². The zero-order valence-corrected chi connectivity index (χ0v) is 16.3. The Bertz CT molecular complexity index is 1030. The predicted molar refractivity (Wildman–Crippen MR) is 106 cm³/mol. The number of halogens is 2. The molecular formula is C22H22F2N4O. The average Bonchev–Trinajstić information content (AvgIpc) is 3.38. The van der Waals surface area contributed by atoms with Crippen LogP contribution < -0.4 is 0 Å². The van der Waals surface area contributed by atoms with E-state index >= 15 is 0 Å². The first-order valence-electron chi connectivity index (χ1n) is 9.61. The summed E-state index contributed by atoms with van der Waals surface area (Å²) in [4.78, 5) is 19.4. The summed E-state index contributed by atoms with van der Waals surface area (Å²) in [7, 11) is 0. The summed E-state index contributed by atoms with van der Waals surface area (Å²) in [6, 6.07) is 9.95. The zero-order chi connectivity index (χ0) is 20.5. The third-order valence-corrected chi connectivity index (χ3v) is 5.41. The van der Waals surface area contributed by atoms with Crippen molar-refractivity contribution in [2.45, 2.75) is 39.3 Å². The number of aryl methyl sites for hydroxylation is 2. The Morgan fingerprint density at radius 1 is 1.17 bits per heavy atom. The fraction of sp³-hybridized carbons (Fsp3) is 0.318. The standard InChI is InChI=1S/C22H22F2N4O/c1-14-5-7-16(8-6-14)20-4-3-9-27(20)21(29)19-10-18(15(2)11-25-19)17-12-26-28(13-17)22(23)24/h5-8,10-13,20,22H,3-4,9H2,1-2H3. The van der Waals surface area contributed by atoms with Crippen molar-refractivity contribution >= 4 is 5.91 Å². The summed E-state index contributed by atoms with van der Waals surface area (Å²) in [5.41, 5.74) is 4.63. The van der Waals surface area contributed by atoms with E-state index in [-0.39, 0.29) is 11.9 Å². The second-order valence-corrected chi connectivity index (χ2v) is 7.44. The van der Waals surface area contributed by atoms with Crippen LogP contribution in [0.1, 0.15) is 52.6 Å². The summed E-state index contributed by atoms with van der Waals surface area (Å²) in [6.07, 6.45) is 6.12. The van der Waals surface area contributed by atoms with Gasteiger partial charge in [-0.3, -0.25) is 9.78 Å². The number of nitrogens with zero attached hydrogens (tertiary/aromatic N) is 4. The van der Waals surface area contributed by atoms with Crippen LogP contribution in [0.3, 0.4) is 0 Å². The maximum absolute atomic E-state index is 13.2. The number of pyridine rings is 1. The molecule has 5 nitrogen and oxygen atoms in total. The van der Waals surface area contributed by atoms with E-state index in [9.17, 15) is 13.6 Å². The number of rotatable bonds is 4. The Morgan fingerprint density at radius 3 is 2.62 bits per heavy atom. The Kier molecular flexibility index (Phi) is 5.13. The highest BCUT2D eigenvalue weighted by atomic mass is 19.3. The van der Waals surface area contributed by atoms with Crippen LogP contribution in [0.15, 0.2) is 48.9 Å². The van der Waals surface area contributed by atoms with Crippen molar-refractivity contribution in [2.75, 3.05) is 6.54 Å². The van der Waals surface area contributed by atoms with E-state index in [4.69, 9.17) is 0 Å². The molecule has 0 radical (unpaired) electrons. The highest BCUT2D eigenvalue weighted by molar-refractivity contribution is 5.94. The van der Waals surface area contributed by atoms with E-state index < -0.39 is 6.55 Å². The van der Waals surface area contributed by atoms with Crippen LogP contribution in [0.25, 0.3) is 11.1 Å². The molecular weight excluding hydrogens is 374 g/mol. The van der Waals surface area contributed by atoms with E-state index in [1.54, 1.807) is 12.3 Å². The molecule has 29 heavy (non-hydrogen) atoms. The Hall–Kier alpha value is -3.09. The minimum Gasteiger partial charge on any atom is -0.330 e. The van der Waals surface area contributed by atoms with Crippen LogP contribution >= 0.6 is 0 Å². The molecule has 1 saturated heterocycles. The number of aromatic nitrogens is 3. The average molecular weight is 396 g/mol.